The number of carbonyl (C=O) groups excluding carboxylic acids is 5. The average molecular weight is 859 g/mol. The van der Waals surface area contributed by atoms with E-state index in [4.69, 9.17) is 71.1 Å². The molecule has 0 aliphatic carbocycles. The van der Waals surface area contributed by atoms with Crippen molar-refractivity contribution in [3.8, 4) is 0 Å². The zero-order chi connectivity index (χ0) is 44.7. The summed E-state index contributed by atoms with van der Waals surface area (Å²) < 4.78 is 83.6. The van der Waals surface area contributed by atoms with Crippen LogP contribution in [0.4, 0.5) is 0 Å². The Kier molecular flexibility index (Phi) is 14.4. The van der Waals surface area contributed by atoms with Crippen LogP contribution in [0.3, 0.4) is 0 Å². The number of carbonyl (C=O) groups is 5. The van der Waals surface area contributed by atoms with Gasteiger partial charge in [-0.15, -0.1) is 13.2 Å². The summed E-state index contributed by atoms with van der Waals surface area (Å²) in [7, 11) is 0. The Balaban J connectivity index is 0.000000173. The standard InChI is InChI=1S/C15H20O9.C13H20O5.C12H18O6/c1-6-11-12(20-7(2)16)13(21-8(3)17)14(22-9(4)18)15(24-11)23-10(5)19;1-6-7-8-9(16-12(2,3)15-8)10-11(14-7)18-13(4,5)17-10;1-11(2)15-7-6(5-13)14-10-9(8(7)16-11)17-12(3,4)18-10/h6,11-15H,1H2,2-5H3;6-11H,1H2,2-5H3;5-10H,1-4H3/t11-,12+,13+,14-,15?;7-,8+,9?,10-,11?;6-,7+,8?,9-,10?/m000/s1. The lowest BCUT2D eigenvalue weighted by Crippen LogP contribution is -2.61. The minimum atomic E-state index is -1.36. The van der Waals surface area contributed by atoms with Crippen molar-refractivity contribution in [2.45, 2.75) is 198 Å². The summed E-state index contributed by atoms with van der Waals surface area (Å²) in [6.07, 6.45) is -5.99. The fourth-order valence-electron chi connectivity index (χ4n) is 7.84. The molecule has 0 spiro atoms. The normalized spacial score (nSPS) is 40.8. The molecule has 0 aromatic heterocycles. The van der Waals surface area contributed by atoms with Crippen LogP contribution in [0.25, 0.3) is 0 Å². The molecule has 0 N–H and O–H groups in total. The van der Waals surface area contributed by atoms with Crippen molar-refractivity contribution in [1.82, 2.24) is 0 Å². The van der Waals surface area contributed by atoms with Crippen molar-refractivity contribution in [1.29, 1.82) is 0 Å². The van der Waals surface area contributed by atoms with E-state index in [-0.39, 0.29) is 36.6 Å². The molecule has 0 aromatic carbocycles. The molecule has 60 heavy (non-hydrogen) atoms. The lowest BCUT2D eigenvalue weighted by atomic mass is 9.98. The van der Waals surface area contributed by atoms with E-state index in [0.717, 1.165) is 34.0 Å². The third-order valence-electron chi connectivity index (χ3n) is 9.70. The van der Waals surface area contributed by atoms with Gasteiger partial charge in [0, 0.05) is 27.7 Å². The number of fused-ring (bicyclic) bond motifs is 6. The molecule has 7 heterocycles. The van der Waals surface area contributed by atoms with Gasteiger partial charge < -0.3 is 75.8 Å². The Morgan fingerprint density at radius 2 is 0.783 bits per heavy atom. The predicted octanol–water partition coefficient (Wildman–Crippen LogP) is 2.41. The Morgan fingerprint density at radius 3 is 1.20 bits per heavy atom. The molecule has 0 aromatic rings. The summed E-state index contributed by atoms with van der Waals surface area (Å²) in [5.74, 6) is -5.58. The molecular weight excluding hydrogens is 800 g/mol. The average Bonchev–Trinajstić information content (AvgIpc) is 3.82. The van der Waals surface area contributed by atoms with Crippen LogP contribution in [0.2, 0.25) is 0 Å². The first-order chi connectivity index (χ1) is 27.8. The summed E-state index contributed by atoms with van der Waals surface area (Å²) in [4.78, 5) is 56.5. The van der Waals surface area contributed by atoms with Crippen LogP contribution in [0, 0.1) is 0 Å². The van der Waals surface area contributed by atoms with Gasteiger partial charge in [-0.25, -0.2) is 0 Å². The summed E-state index contributed by atoms with van der Waals surface area (Å²) in [6.45, 7) is 26.6. The maximum absolute atomic E-state index is 11.4. The van der Waals surface area contributed by atoms with E-state index < -0.39 is 103 Å². The molecule has 0 amide bonds. The van der Waals surface area contributed by atoms with Crippen molar-refractivity contribution in [3.63, 3.8) is 0 Å². The first kappa shape index (κ1) is 47.6. The van der Waals surface area contributed by atoms with Crippen LogP contribution >= 0.6 is 0 Å². The zero-order valence-corrected chi connectivity index (χ0v) is 36.0. The van der Waals surface area contributed by atoms with Crippen molar-refractivity contribution < 1.29 is 95.0 Å². The van der Waals surface area contributed by atoms with Gasteiger partial charge in [0.15, 0.2) is 54.2 Å². The molecule has 7 fully saturated rings. The molecule has 7 saturated heterocycles. The van der Waals surface area contributed by atoms with Crippen LogP contribution in [0.5, 0.6) is 0 Å². The van der Waals surface area contributed by atoms with Gasteiger partial charge in [-0.2, -0.15) is 0 Å². The number of hydrogen-bond acceptors (Lipinski definition) is 20. The first-order valence-corrected chi connectivity index (χ1v) is 19.6. The number of aldehydes is 1. The van der Waals surface area contributed by atoms with E-state index in [1.54, 1.807) is 19.9 Å². The van der Waals surface area contributed by atoms with Gasteiger partial charge in [-0.05, 0) is 55.4 Å². The highest BCUT2D eigenvalue weighted by atomic mass is 16.9. The number of ether oxygens (including phenoxy) is 15. The fourth-order valence-corrected chi connectivity index (χ4v) is 7.84. The van der Waals surface area contributed by atoms with E-state index in [1.807, 2.05) is 41.5 Å². The highest BCUT2D eigenvalue weighted by Gasteiger charge is 2.62. The summed E-state index contributed by atoms with van der Waals surface area (Å²) in [5, 5.41) is 0. The molecule has 0 saturated carbocycles. The number of rotatable bonds is 7. The maximum Gasteiger partial charge on any atom is 0.305 e. The predicted molar refractivity (Wildman–Crippen MR) is 199 cm³/mol. The van der Waals surface area contributed by atoms with Gasteiger partial charge >= 0.3 is 23.9 Å². The second-order valence-corrected chi connectivity index (χ2v) is 16.7. The SMILES string of the molecule is C=C[C@@H]1OC(OC(C)=O)[C@@H](OC(C)=O)[C@H](OC(C)=O)[C@@H]1OC(C)=O.C=C[C@@H]1OC2OC(C)(C)O[C@H]2C2OC(C)(C)O[C@@H]21.CC1(C)OC2O[C@@H](C=O)[C@H]3OC(C)(C)OC3[C@@H]2O1. The van der Waals surface area contributed by atoms with Crippen LogP contribution in [0.1, 0.15) is 83.1 Å². The van der Waals surface area contributed by atoms with E-state index in [2.05, 4.69) is 13.2 Å². The van der Waals surface area contributed by atoms with Gasteiger partial charge in [0.25, 0.3) is 0 Å². The molecule has 338 valence electrons. The Morgan fingerprint density at radius 1 is 0.433 bits per heavy atom. The van der Waals surface area contributed by atoms with E-state index in [0.29, 0.717) is 0 Å². The van der Waals surface area contributed by atoms with E-state index >= 15 is 0 Å². The summed E-state index contributed by atoms with van der Waals surface area (Å²) >= 11 is 0. The Bertz CT molecular complexity index is 1550. The zero-order valence-electron chi connectivity index (χ0n) is 36.0. The van der Waals surface area contributed by atoms with Crippen LogP contribution < -0.4 is 0 Å². The molecule has 20 heteroatoms. The van der Waals surface area contributed by atoms with Gasteiger partial charge in [0.05, 0.1) is 0 Å². The molecule has 7 rings (SSSR count). The second kappa shape index (κ2) is 18.1. The highest BCUT2D eigenvalue weighted by molar-refractivity contribution is 5.69. The molecule has 7 aliphatic rings. The van der Waals surface area contributed by atoms with Crippen LogP contribution in [-0.2, 0) is 95.0 Å². The Labute approximate surface area is 348 Å². The topological polar surface area (TPSA) is 224 Å². The quantitative estimate of drug-likeness (QED) is 0.155. The smallest absolute Gasteiger partial charge is 0.305 e. The van der Waals surface area contributed by atoms with Crippen molar-refractivity contribution in [2.24, 2.45) is 0 Å². The molecule has 20 nitrogen and oxygen atoms in total. The minimum Gasteiger partial charge on any atom is -0.455 e. The maximum atomic E-state index is 11.4. The van der Waals surface area contributed by atoms with Gasteiger partial charge in [-0.1, -0.05) is 12.2 Å². The highest BCUT2D eigenvalue weighted by Crippen LogP contribution is 2.45. The number of hydrogen-bond donors (Lipinski definition) is 0. The third-order valence-corrected chi connectivity index (χ3v) is 9.70. The van der Waals surface area contributed by atoms with Gasteiger partial charge in [-0.3, -0.25) is 19.2 Å². The molecular formula is C40H58O20. The van der Waals surface area contributed by atoms with Gasteiger partial charge in [0.1, 0.15) is 54.9 Å². The molecule has 5 unspecified atom stereocenters. The van der Waals surface area contributed by atoms with Crippen molar-refractivity contribution >= 4 is 30.2 Å². The summed E-state index contributed by atoms with van der Waals surface area (Å²) in [5.41, 5.74) is 0. The van der Waals surface area contributed by atoms with Crippen LogP contribution in [-0.4, -0.2) is 145 Å². The lowest BCUT2D eigenvalue weighted by Gasteiger charge is -2.42. The molecule has 15 atom stereocenters. The largest absolute Gasteiger partial charge is 0.455 e. The molecule has 0 radical (unpaired) electrons. The fraction of sp³-hybridized carbons (Fsp3) is 0.775. The van der Waals surface area contributed by atoms with Crippen molar-refractivity contribution in [2.75, 3.05) is 0 Å². The Hall–Kier alpha value is -3.41. The van der Waals surface area contributed by atoms with Crippen molar-refractivity contribution in [3.05, 3.63) is 25.3 Å². The summed E-state index contributed by atoms with van der Waals surface area (Å²) in [6, 6.07) is 0. The third kappa shape index (κ3) is 11.1. The second-order valence-electron chi connectivity index (χ2n) is 16.7. The minimum absolute atomic E-state index is 0.191. The van der Waals surface area contributed by atoms with E-state index in [9.17, 15) is 24.0 Å². The monoisotopic (exact) mass is 858 g/mol. The molecule has 0 bridgehead atoms. The molecule has 7 aliphatic heterocycles. The van der Waals surface area contributed by atoms with E-state index in [1.165, 1.54) is 6.08 Å². The van der Waals surface area contributed by atoms with Gasteiger partial charge in [0.2, 0.25) is 12.4 Å². The lowest BCUT2D eigenvalue weighted by molar-refractivity contribution is -0.287. The number of esters is 4. The first-order valence-electron chi connectivity index (χ1n) is 19.6. The van der Waals surface area contributed by atoms with Crippen LogP contribution in [0.15, 0.2) is 25.3 Å².